The van der Waals surface area contributed by atoms with Crippen LogP contribution in [0.15, 0.2) is 30.3 Å². The van der Waals surface area contributed by atoms with Crippen LogP contribution in [0.25, 0.3) is 6.08 Å². The molecule has 49 heavy (non-hydrogen) atoms. The second-order valence-corrected chi connectivity index (χ2v) is 10.9. The van der Waals surface area contributed by atoms with E-state index in [1.165, 1.54) is 30.3 Å². The average molecular weight is 699 g/mol. The standard InChI is InChI=1S/C31H38O18/c1-15(33)41-12-22-25(43-16(2)34)27(45-18(4)36)28(46-19(5)37)30(47-22)49-31(14-32)29(40)26(44-17(3)35)23(48-31)13-42-24(39)11-8-20-6-9-21(38)10-7-20/h6-11,22-23,25-30,32,38,40H,12-14H2,1-5H3. The molecule has 3 rings (SSSR count). The Morgan fingerprint density at radius 2 is 1.27 bits per heavy atom. The first-order valence-electron chi connectivity index (χ1n) is 14.8. The van der Waals surface area contributed by atoms with Gasteiger partial charge in [0, 0.05) is 40.7 Å². The van der Waals surface area contributed by atoms with Crippen molar-refractivity contribution in [2.75, 3.05) is 19.8 Å². The first kappa shape index (κ1) is 38.8. The molecule has 1 aromatic rings. The van der Waals surface area contributed by atoms with Crippen molar-refractivity contribution >= 4 is 41.9 Å². The molecule has 2 saturated heterocycles. The second kappa shape index (κ2) is 17.2. The molecule has 0 spiro atoms. The Bertz CT molecular complexity index is 1390. The third-order valence-electron chi connectivity index (χ3n) is 6.96. The topological polar surface area (TPSA) is 246 Å². The van der Waals surface area contributed by atoms with Crippen molar-refractivity contribution in [1.82, 2.24) is 0 Å². The average Bonchev–Trinajstić information content (AvgIpc) is 3.26. The predicted octanol–water partition coefficient (Wildman–Crippen LogP) is -0.572. The number of hydrogen-bond acceptors (Lipinski definition) is 18. The van der Waals surface area contributed by atoms with E-state index < -0.39 is 110 Å². The summed E-state index contributed by atoms with van der Waals surface area (Å²) in [4.78, 5) is 72.4. The zero-order chi connectivity index (χ0) is 36.5. The Morgan fingerprint density at radius 3 is 1.82 bits per heavy atom. The molecular formula is C31H38O18. The highest BCUT2D eigenvalue weighted by molar-refractivity contribution is 5.87. The lowest BCUT2D eigenvalue weighted by Gasteiger charge is -2.46. The number of phenolic OH excluding ortho intramolecular Hbond substituents is 1. The summed E-state index contributed by atoms with van der Waals surface area (Å²) >= 11 is 0. The number of rotatable bonds is 13. The van der Waals surface area contributed by atoms with Gasteiger partial charge in [-0.15, -0.1) is 0 Å². The van der Waals surface area contributed by atoms with Crippen LogP contribution in [0.2, 0.25) is 0 Å². The van der Waals surface area contributed by atoms with Crippen LogP contribution in [0.5, 0.6) is 5.75 Å². The smallest absolute Gasteiger partial charge is 0.330 e. The van der Waals surface area contributed by atoms with Crippen molar-refractivity contribution in [3.8, 4) is 5.75 Å². The lowest BCUT2D eigenvalue weighted by molar-refractivity contribution is -0.384. The normalized spacial score (nSPS) is 29.4. The van der Waals surface area contributed by atoms with E-state index in [0.29, 0.717) is 5.56 Å². The molecule has 2 aliphatic heterocycles. The number of aromatic hydroxyl groups is 1. The van der Waals surface area contributed by atoms with Crippen molar-refractivity contribution in [3.63, 3.8) is 0 Å². The predicted molar refractivity (Wildman–Crippen MR) is 157 cm³/mol. The van der Waals surface area contributed by atoms with Crippen LogP contribution in [0.1, 0.15) is 40.2 Å². The lowest BCUT2D eigenvalue weighted by atomic mass is 9.97. The van der Waals surface area contributed by atoms with E-state index in [4.69, 9.17) is 42.6 Å². The summed E-state index contributed by atoms with van der Waals surface area (Å²) < 4.78 is 49.1. The molecule has 9 unspecified atom stereocenters. The molecule has 1 aromatic carbocycles. The van der Waals surface area contributed by atoms with E-state index >= 15 is 0 Å². The van der Waals surface area contributed by atoms with Crippen molar-refractivity contribution in [2.24, 2.45) is 0 Å². The number of hydrogen-bond donors (Lipinski definition) is 3. The minimum absolute atomic E-state index is 0.0200. The highest BCUT2D eigenvalue weighted by atomic mass is 16.8. The van der Waals surface area contributed by atoms with Crippen molar-refractivity contribution in [2.45, 2.75) is 89.4 Å². The Hall–Kier alpha value is -4.62. The maximum atomic E-state index is 12.5. The number of carbonyl (C=O) groups excluding carboxylic acids is 6. The fraction of sp³-hybridized carbons (Fsp3) is 0.548. The zero-order valence-corrected chi connectivity index (χ0v) is 27.2. The third kappa shape index (κ3) is 10.7. The van der Waals surface area contributed by atoms with Gasteiger partial charge in [0.25, 0.3) is 0 Å². The van der Waals surface area contributed by atoms with Gasteiger partial charge >= 0.3 is 35.8 Å². The van der Waals surface area contributed by atoms with Gasteiger partial charge in [-0.3, -0.25) is 24.0 Å². The number of benzene rings is 1. The van der Waals surface area contributed by atoms with E-state index in [1.54, 1.807) is 0 Å². The van der Waals surface area contributed by atoms with Crippen molar-refractivity contribution in [1.29, 1.82) is 0 Å². The van der Waals surface area contributed by atoms with E-state index in [9.17, 15) is 44.1 Å². The van der Waals surface area contributed by atoms with Crippen LogP contribution < -0.4 is 0 Å². The highest BCUT2D eigenvalue weighted by Crippen LogP contribution is 2.39. The summed E-state index contributed by atoms with van der Waals surface area (Å²) in [6.07, 6.45) is -10.9. The molecule has 2 fully saturated rings. The van der Waals surface area contributed by atoms with Crippen LogP contribution in [-0.2, 0) is 71.4 Å². The number of phenols is 1. The number of aliphatic hydroxyl groups excluding tert-OH is 2. The van der Waals surface area contributed by atoms with Gasteiger partial charge in [-0.25, -0.2) is 4.79 Å². The van der Waals surface area contributed by atoms with Crippen LogP contribution in [0.3, 0.4) is 0 Å². The van der Waals surface area contributed by atoms with E-state index in [0.717, 1.165) is 40.7 Å². The van der Waals surface area contributed by atoms with Gasteiger partial charge in [0.05, 0.1) is 0 Å². The van der Waals surface area contributed by atoms with Crippen LogP contribution in [-0.4, -0.2) is 126 Å². The number of esters is 6. The lowest BCUT2D eigenvalue weighted by Crippen LogP contribution is -2.65. The van der Waals surface area contributed by atoms with E-state index in [2.05, 4.69) is 0 Å². The van der Waals surface area contributed by atoms with Crippen LogP contribution >= 0.6 is 0 Å². The SMILES string of the molecule is CC(=O)OCC1OC(OC2(CO)OC(COC(=O)C=Cc3ccc(O)cc3)C(OC(C)=O)C2O)C(OC(C)=O)C(OC(C)=O)C1OC(C)=O. The van der Waals surface area contributed by atoms with Gasteiger partial charge in [-0.2, -0.15) is 0 Å². The van der Waals surface area contributed by atoms with Gasteiger partial charge in [-0.1, -0.05) is 12.1 Å². The quantitative estimate of drug-likeness (QED) is 0.133. The monoisotopic (exact) mass is 698 g/mol. The minimum atomic E-state index is -2.54. The Kier molecular flexibility index (Phi) is 13.6. The summed E-state index contributed by atoms with van der Waals surface area (Å²) in [5.74, 6) is -7.80. The minimum Gasteiger partial charge on any atom is -0.508 e. The van der Waals surface area contributed by atoms with E-state index in [-0.39, 0.29) is 5.75 Å². The summed E-state index contributed by atoms with van der Waals surface area (Å²) in [6, 6.07) is 5.88. The molecule has 0 saturated carbocycles. The zero-order valence-electron chi connectivity index (χ0n) is 27.2. The Balaban J connectivity index is 1.94. The summed E-state index contributed by atoms with van der Waals surface area (Å²) in [7, 11) is 0. The maximum Gasteiger partial charge on any atom is 0.330 e. The van der Waals surface area contributed by atoms with Gasteiger partial charge in [0.15, 0.2) is 24.4 Å². The molecule has 18 nitrogen and oxygen atoms in total. The molecule has 0 amide bonds. The maximum absolute atomic E-state index is 12.5. The largest absolute Gasteiger partial charge is 0.508 e. The molecule has 2 aliphatic rings. The molecule has 18 heteroatoms. The van der Waals surface area contributed by atoms with Gasteiger partial charge in [0.1, 0.15) is 43.9 Å². The Morgan fingerprint density at radius 1 is 0.735 bits per heavy atom. The van der Waals surface area contributed by atoms with E-state index in [1.807, 2.05) is 0 Å². The van der Waals surface area contributed by atoms with Crippen molar-refractivity contribution < 1.29 is 86.7 Å². The summed E-state index contributed by atoms with van der Waals surface area (Å²) in [6.45, 7) is 2.74. The fourth-order valence-corrected chi connectivity index (χ4v) is 5.02. The van der Waals surface area contributed by atoms with Crippen LogP contribution in [0.4, 0.5) is 0 Å². The van der Waals surface area contributed by atoms with Gasteiger partial charge < -0.3 is 58.0 Å². The highest BCUT2D eigenvalue weighted by Gasteiger charge is 2.62. The molecule has 0 aliphatic carbocycles. The second-order valence-electron chi connectivity index (χ2n) is 10.9. The molecule has 270 valence electrons. The van der Waals surface area contributed by atoms with Gasteiger partial charge in [0.2, 0.25) is 12.1 Å². The molecule has 0 bridgehead atoms. The third-order valence-corrected chi connectivity index (χ3v) is 6.96. The Labute approximate surface area is 279 Å². The summed E-state index contributed by atoms with van der Waals surface area (Å²) in [5.41, 5.74) is 0.553. The summed E-state index contributed by atoms with van der Waals surface area (Å²) in [5, 5.41) is 31.3. The number of aliphatic hydroxyl groups is 2. The number of ether oxygens (including phenoxy) is 9. The molecule has 3 N–H and O–H groups in total. The molecule has 9 atom stereocenters. The van der Waals surface area contributed by atoms with Gasteiger partial charge in [-0.05, 0) is 23.8 Å². The molecule has 0 aromatic heterocycles. The first-order valence-corrected chi connectivity index (χ1v) is 14.8. The molecule has 0 radical (unpaired) electrons. The first-order chi connectivity index (χ1) is 23.0. The van der Waals surface area contributed by atoms with Crippen molar-refractivity contribution in [3.05, 3.63) is 35.9 Å². The number of carbonyl (C=O) groups is 6. The van der Waals surface area contributed by atoms with Crippen LogP contribution in [0, 0.1) is 0 Å². The molecule has 2 heterocycles. The fourth-order valence-electron chi connectivity index (χ4n) is 5.02. The molecular weight excluding hydrogens is 660 g/mol.